The molecule has 2 amide bonds. The van der Waals surface area contributed by atoms with Gasteiger partial charge in [0.15, 0.2) is 0 Å². The van der Waals surface area contributed by atoms with Gasteiger partial charge in [-0.05, 0) is 31.0 Å². The highest BCUT2D eigenvalue weighted by Gasteiger charge is 2.31. The van der Waals surface area contributed by atoms with Crippen LogP contribution in [0.3, 0.4) is 0 Å². The fourth-order valence-corrected chi connectivity index (χ4v) is 3.59. The van der Waals surface area contributed by atoms with E-state index in [0.29, 0.717) is 23.7 Å². The van der Waals surface area contributed by atoms with Crippen molar-refractivity contribution < 1.29 is 9.59 Å². The Hall–Kier alpha value is -1.92. The second-order valence-electron chi connectivity index (χ2n) is 6.82. The molecule has 0 spiro atoms. The second-order valence-corrected chi connectivity index (χ2v) is 6.82. The number of carbonyl (C=O) groups excluding carboxylic acids is 2. The zero-order chi connectivity index (χ0) is 17.6. The summed E-state index contributed by atoms with van der Waals surface area (Å²) in [5, 5.41) is 6.23. The number of piperazine rings is 1. The van der Waals surface area contributed by atoms with Crippen LogP contribution in [-0.2, 0) is 0 Å². The summed E-state index contributed by atoms with van der Waals surface area (Å²) >= 11 is 0. The number of hydrogen-bond donors (Lipinski definition) is 2. The number of amides is 2. The Balaban J connectivity index is 1.62. The van der Waals surface area contributed by atoms with Crippen LogP contribution < -0.4 is 10.6 Å². The van der Waals surface area contributed by atoms with Crippen LogP contribution in [0.5, 0.6) is 0 Å². The highest BCUT2D eigenvalue weighted by molar-refractivity contribution is 5.99. The zero-order valence-corrected chi connectivity index (χ0v) is 15.0. The molecule has 25 heavy (non-hydrogen) atoms. The summed E-state index contributed by atoms with van der Waals surface area (Å²) in [7, 11) is 0. The summed E-state index contributed by atoms with van der Waals surface area (Å²) in [5.74, 6) is -0.0839. The number of nitrogens with zero attached hydrogens (tertiary/aromatic N) is 2. The fourth-order valence-electron chi connectivity index (χ4n) is 3.59. The summed E-state index contributed by atoms with van der Waals surface area (Å²) in [6.45, 7) is 8.40. The predicted octanol–water partition coefficient (Wildman–Crippen LogP) is 0.946. The molecule has 3 rings (SSSR count). The molecule has 0 saturated carbocycles. The molecular formula is C19H28N4O2. The van der Waals surface area contributed by atoms with E-state index in [4.69, 9.17) is 0 Å². The van der Waals surface area contributed by atoms with Crippen molar-refractivity contribution in [2.24, 2.45) is 0 Å². The number of hydrogen-bond acceptors (Lipinski definition) is 4. The lowest BCUT2D eigenvalue weighted by molar-refractivity contribution is 0.0773. The van der Waals surface area contributed by atoms with Crippen LogP contribution in [0, 0.1) is 0 Å². The Labute approximate surface area is 149 Å². The van der Waals surface area contributed by atoms with Crippen molar-refractivity contribution in [2.75, 3.05) is 45.8 Å². The molecule has 2 N–H and O–H groups in total. The Morgan fingerprint density at radius 1 is 1.20 bits per heavy atom. The molecule has 2 aliphatic heterocycles. The normalized spacial score (nSPS) is 21.3. The molecule has 2 aliphatic rings. The Kier molecular flexibility index (Phi) is 6.04. The van der Waals surface area contributed by atoms with Gasteiger partial charge in [0.2, 0.25) is 0 Å². The van der Waals surface area contributed by atoms with E-state index in [0.717, 1.165) is 52.1 Å². The smallest absolute Gasteiger partial charge is 0.253 e. The number of nitrogens with one attached hydrogen (secondary N) is 2. The Bertz CT molecular complexity index is 613. The van der Waals surface area contributed by atoms with Gasteiger partial charge in [-0.25, -0.2) is 0 Å². The van der Waals surface area contributed by atoms with Crippen LogP contribution in [0.15, 0.2) is 24.3 Å². The first-order valence-corrected chi connectivity index (χ1v) is 9.31. The summed E-state index contributed by atoms with van der Waals surface area (Å²) in [4.78, 5) is 29.3. The van der Waals surface area contributed by atoms with E-state index in [1.165, 1.54) is 0 Å². The molecule has 136 valence electrons. The third-order valence-electron chi connectivity index (χ3n) is 5.03. The monoisotopic (exact) mass is 344 g/mol. The van der Waals surface area contributed by atoms with Crippen LogP contribution in [0.4, 0.5) is 0 Å². The molecule has 1 aromatic carbocycles. The van der Waals surface area contributed by atoms with Gasteiger partial charge in [-0.15, -0.1) is 0 Å². The highest BCUT2D eigenvalue weighted by atomic mass is 16.2. The molecule has 0 aromatic heterocycles. The number of likely N-dealkylation sites (tertiary alicyclic amines) is 1. The van der Waals surface area contributed by atoms with Gasteiger partial charge in [-0.1, -0.05) is 13.0 Å². The molecule has 1 atom stereocenters. The van der Waals surface area contributed by atoms with E-state index >= 15 is 0 Å². The third kappa shape index (κ3) is 4.38. The third-order valence-corrected chi connectivity index (χ3v) is 5.03. The average molecular weight is 344 g/mol. The number of benzene rings is 1. The van der Waals surface area contributed by atoms with Crippen molar-refractivity contribution in [3.8, 4) is 0 Å². The molecule has 2 fully saturated rings. The molecule has 1 unspecified atom stereocenters. The first-order chi connectivity index (χ1) is 12.2. The van der Waals surface area contributed by atoms with Crippen molar-refractivity contribution in [1.29, 1.82) is 0 Å². The van der Waals surface area contributed by atoms with E-state index in [9.17, 15) is 9.59 Å². The Morgan fingerprint density at radius 3 is 2.72 bits per heavy atom. The summed E-state index contributed by atoms with van der Waals surface area (Å²) in [6.07, 6.45) is 1.92. The largest absolute Gasteiger partial charge is 0.352 e. The molecule has 0 aliphatic carbocycles. The SMILES string of the molecule is CCCNC(=O)c1cccc(C(=O)N2CCC(N3CCNCC3)C2)c1. The second kappa shape index (κ2) is 8.45. The van der Waals surface area contributed by atoms with E-state index in [1.807, 2.05) is 11.8 Å². The van der Waals surface area contributed by atoms with Gasteiger partial charge in [0, 0.05) is 63.0 Å². The van der Waals surface area contributed by atoms with Gasteiger partial charge in [0.25, 0.3) is 11.8 Å². The minimum Gasteiger partial charge on any atom is -0.352 e. The van der Waals surface area contributed by atoms with Crippen molar-refractivity contribution in [2.45, 2.75) is 25.8 Å². The van der Waals surface area contributed by atoms with Crippen molar-refractivity contribution in [3.63, 3.8) is 0 Å². The summed E-state index contributed by atoms with van der Waals surface area (Å²) < 4.78 is 0. The van der Waals surface area contributed by atoms with Crippen molar-refractivity contribution in [1.82, 2.24) is 20.4 Å². The van der Waals surface area contributed by atoms with Crippen LogP contribution in [0.2, 0.25) is 0 Å². The fraction of sp³-hybridized carbons (Fsp3) is 0.579. The number of rotatable bonds is 5. The maximum absolute atomic E-state index is 12.8. The minimum atomic E-state index is -0.114. The van der Waals surface area contributed by atoms with Crippen molar-refractivity contribution in [3.05, 3.63) is 35.4 Å². The minimum absolute atomic E-state index is 0.0303. The van der Waals surface area contributed by atoms with Crippen LogP contribution in [0.25, 0.3) is 0 Å². The lowest BCUT2D eigenvalue weighted by Crippen LogP contribution is -2.49. The van der Waals surface area contributed by atoms with Gasteiger partial charge in [0.1, 0.15) is 0 Å². The molecule has 0 bridgehead atoms. The van der Waals surface area contributed by atoms with E-state index < -0.39 is 0 Å². The van der Waals surface area contributed by atoms with Gasteiger partial charge in [-0.3, -0.25) is 14.5 Å². The Morgan fingerprint density at radius 2 is 1.96 bits per heavy atom. The maximum Gasteiger partial charge on any atom is 0.253 e. The molecule has 1 aromatic rings. The molecule has 2 heterocycles. The number of carbonyl (C=O) groups is 2. The summed E-state index contributed by atoms with van der Waals surface area (Å²) in [5.41, 5.74) is 1.15. The molecule has 0 radical (unpaired) electrons. The lowest BCUT2D eigenvalue weighted by Gasteiger charge is -2.32. The molecule has 6 heteroatoms. The molecule has 6 nitrogen and oxygen atoms in total. The van der Waals surface area contributed by atoms with Gasteiger partial charge in [-0.2, -0.15) is 0 Å². The van der Waals surface area contributed by atoms with Crippen LogP contribution in [-0.4, -0.2) is 73.5 Å². The standard InChI is InChI=1S/C19H28N4O2/c1-2-7-21-18(24)15-4-3-5-16(13-15)19(25)23-10-6-17(14-23)22-11-8-20-9-12-22/h3-5,13,17,20H,2,6-12,14H2,1H3,(H,21,24). The van der Waals surface area contributed by atoms with Gasteiger partial charge < -0.3 is 15.5 Å². The van der Waals surface area contributed by atoms with Crippen molar-refractivity contribution >= 4 is 11.8 Å². The topological polar surface area (TPSA) is 64.7 Å². The quantitative estimate of drug-likeness (QED) is 0.835. The van der Waals surface area contributed by atoms with E-state index in [2.05, 4.69) is 15.5 Å². The lowest BCUT2D eigenvalue weighted by atomic mass is 10.1. The summed E-state index contributed by atoms with van der Waals surface area (Å²) in [6, 6.07) is 7.53. The first-order valence-electron chi connectivity index (χ1n) is 9.31. The van der Waals surface area contributed by atoms with Gasteiger partial charge >= 0.3 is 0 Å². The first kappa shape index (κ1) is 17.9. The van der Waals surface area contributed by atoms with Crippen LogP contribution in [0.1, 0.15) is 40.5 Å². The zero-order valence-electron chi connectivity index (χ0n) is 15.0. The predicted molar refractivity (Wildman–Crippen MR) is 97.8 cm³/mol. The van der Waals surface area contributed by atoms with Gasteiger partial charge in [0.05, 0.1) is 0 Å². The molecular weight excluding hydrogens is 316 g/mol. The average Bonchev–Trinajstić information content (AvgIpc) is 3.16. The van der Waals surface area contributed by atoms with E-state index in [1.54, 1.807) is 24.3 Å². The maximum atomic E-state index is 12.8. The molecule has 2 saturated heterocycles. The highest BCUT2D eigenvalue weighted by Crippen LogP contribution is 2.19. The van der Waals surface area contributed by atoms with Crippen LogP contribution >= 0.6 is 0 Å². The van der Waals surface area contributed by atoms with E-state index in [-0.39, 0.29) is 11.8 Å².